The van der Waals surface area contributed by atoms with Gasteiger partial charge in [0.1, 0.15) is 5.82 Å². The summed E-state index contributed by atoms with van der Waals surface area (Å²) in [5, 5.41) is 0. The summed E-state index contributed by atoms with van der Waals surface area (Å²) >= 11 is 0. The second kappa shape index (κ2) is 8.03. The number of halogens is 3. The molecule has 9 heteroatoms. The second-order valence-corrected chi connectivity index (χ2v) is 5.45. The first kappa shape index (κ1) is 19.3. The van der Waals surface area contributed by atoms with Crippen LogP contribution in [0.4, 0.5) is 13.2 Å². The number of rotatable bonds is 6. The molecule has 0 unspecified atom stereocenters. The molecule has 0 spiro atoms. The molecular formula is C19H14F3NO5. The summed E-state index contributed by atoms with van der Waals surface area (Å²) in [7, 11) is 2.53. The quantitative estimate of drug-likeness (QED) is 0.552. The topological polar surface area (TPSA) is 66.4 Å². The standard InChI is InChI=1S/C19H14F3NO5/c1-25-14-8-10(9-15(26-2)16(14)27-19(21)22)7-13-18(24)28-17(23-13)11-5-3-4-6-12(11)20/h3-9,19H,1-2H3/b13-7-. The highest BCUT2D eigenvalue weighted by Gasteiger charge is 2.26. The van der Waals surface area contributed by atoms with Crippen LogP contribution in [0.15, 0.2) is 47.1 Å². The van der Waals surface area contributed by atoms with Gasteiger partial charge in [-0.2, -0.15) is 8.78 Å². The van der Waals surface area contributed by atoms with Gasteiger partial charge in [0.25, 0.3) is 0 Å². The molecule has 1 aliphatic heterocycles. The molecule has 1 aliphatic rings. The molecule has 0 aromatic heterocycles. The predicted octanol–water partition coefficient (Wildman–Crippen LogP) is 3.79. The number of ether oxygens (including phenoxy) is 4. The van der Waals surface area contributed by atoms with E-state index in [0.29, 0.717) is 5.56 Å². The number of carbonyl (C=O) groups is 1. The molecule has 6 nitrogen and oxygen atoms in total. The van der Waals surface area contributed by atoms with Gasteiger partial charge in [0.2, 0.25) is 11.6 Å². The van der Waals surface area contributed by atoms with Crippen molar-refractivity contribution in [1.29, 1.82) is 0 Å². The van der Waals surface area contributed by atoms with Gasteiger partial charge in [-0.15, -0.1) is 0 Å². The lowest BCUT2D eigenvalue weighted by atomic mass is 10.1. The summed E-state index contributed by atoms with van der Waals surface area (Å²) in [6, 6.07) is 8.43. The van der Waals surface area contributed by atoms with Gasteiger partial charge in [0.05, 0.1) is 19.8 Å². The molecule has 0 bridgehead atoms. The third-order valence-corrected chi connectivity index (χ3v) is 3.72. The number of carbonyl (C=O) groups excluding carboxylic acids is 1. The van der Waals surface area contributed by atoms with Crippen molar-refractivity contribution in [3.05, 3.63) is 59.0 Å². The summed E-state index contributed by atoms with van der Waals surface area (Å²) < 4.78 is 58.7. The highest BCUT2D eigenvalue weighted by atomic mass is 19.3. The van der Waals surface area contributed by atoms with Crippen molar-refractivity contribution in [2.45, 2.75) is 6.61 Å². The zero-order valence-corrected chi connectivity index (χ0v) is 14.7. The number of methoxy groups -OCH3 is 2. The number of hydrogen-bond donors (Lipinski definition) is 0. The number of aliphatic imine (C=N–C) groups is 1. The van der Waals surface area contributed by atoms with Crippen molar-refractivity contribution in [3.8, 4) is 17.2 Å². The summed E-state index contributed by atoms with van der Waals surface area (Å²) in [6.07, 6.45) is 1.33. The van der Waals surface area contributed by atoms with Gasteiger partial charge >= 0.3 is 12.6 Å². The Bertz CT molecular complexity index is 947. The van der Waals surface area contributed by atoms with Crippen LogP contribution in [0.3, 0.4) is 0 Å². The summed E-state index contributed by atoms with van der Waals surface area (Å²) in [4.78, 5) is 16.1. The van der Waals surface area contributed by atoms with Crippen LogP contribution in [-0.4, -0.2) is 32.7 Å². The van der Waals surface area contributed by atoms with Crippen LogP contribution >= 0.6 is 0 Å². The molecule has 2 aromatic carbocycles. The lowest BCUT2D eigenvalue weighted by molar-refractivity contribution is -0.129. The van der Waals surface area contributed by atoms with E-state index in [1.54, 1.807) is 6.07 Å². The molecule has 28 heavy (non-hydrogen) atoms. The van der Waals surface area contributed by atoms with Crippen LogP contribution < -0.4 is 14.2 Å². The molecule has 0 atom stereocenters. The van der Waals surface area contributed by atoms with Gasteiger partial charge in [0, 0.05) is 0 Å². The highest BCUT2D eigenvalue weighted by Crippen LogP contribution is 2.40. The lowest BCUT2D eigenvalue weighted by Gasteiger charge is -2.14. The number of cyclic esters (lactones) is 1. The van der Waals surface area contributed by atoms with Gasteiger partial charge in [-0.05, 0) is 35.9 Å². The molecule has 0 fully saturated rings. The Morgan fingerprint density at radius 2 is 1.75 bits per heavy atom. The Morgan fingerprint density at radius 3 is 2.32 bits per heavy atom. The molecule has 0 radical (unpaired) electrons. The number of alkyl halides is 2. The van der Waals surface area contributed by atoms with Crippen LogP contribution in [0.25, 0.3) is 6.08 Å². The van der Waals surface area contributed by atoms with E-state index in [-0.39, 0.29) is 34.4 Å². The van der Waals surface area contributed by atoms with E-state index in [1.807, 2.05) is 0 Å². The largest absolute Gasteiger partial charge is 0.493 e. The maximum absolute atomic E-state index is 13.9. The molecule has 0 aliphatic carbocycles. The Kier molecular flexibility index (Phi) is 5.53. The molecule has 0 amide bonds. The Labute approximate surface area is 157 Å². The normalized spacial score (nSPS) is 14.9. The molecule has 1 heterocycles. The third kappa shape index (κ3) is 3.93. The SMILES string of the molecule is COc1cc(/C=C2\N=C(c3ccccc3F)OC2=O)cc(OC)c1OC(F)F. The highest BCUT2D eigenvalue weighted by molar-refractivity contribution is 6.13. The molecule has 0 N–H and O–H groups in total. The Morgan fingerprint density at radius 1 is 1.11 bits per heavy atom. The zero-order valence-electron chi connectivity index (χ0n) is 14.7. The number of nitrogens with zero attached hydrogens (tertiary/aromatic N) is 1. The molecular weight excluding hydrogens is 379 g/mol. The fourth-order valence-corrected chi connectivity index (χ4v) is 2.51. The smallest absolute Gasteiger partial charge is 0.387 e. The van der Waals surface area contributed by atoms with E-state index in [2.05, 4.69) is 9.73 Å². The number of benzene rings is 2. The monoisotopic (exact) mass is 393 g/mol. The summed E-state index contributed by atoms with van der Waals surface area (Å²) in [5.74, 6) is -1.90. The average Bonchev–Trinajstić information content (AvgIpc) is 3.02. The molecule has 0 saturated carbocycles. The van der Waals surface area contributed by atoms with Crippen LogP contribution in [-0.2, 0) is 9.53 Å². The van der Waals surface area contributed by atoms with E-state index < -0.39 is 18.4 Å². The second-order valence-electron chi connectivity index (χ2n) is 5.45. The molecule has 0 saturated heterocycles. The van der Waals surface area contributed by atoms with Crippen molar-refractivity contribution >= 4 is 17.9 Å². The minimum absolute atomic E-state index is 0.0313. The van der Waals surface area contributed by atoms with Crippen LogP contribution in [0.5, 0.6) is 17.2 Å². The first-order chi connectivity index (χ1) is 13.4. The van der Waals surface area contributed by atoms with Gasteiger partial charge < -0.3 is 18.9 Å². The number of hydrogen-bond acceptors (Lipinski definition) is 6. The van der Waals surface area contributed by atoms with Crippen molar-refractivity contribution in [2.75, 3.05) is 14.2 Å². The van der Waals surface area contributed by atoms with Gasteiger partial charge in [-0.25, -0.2) is 14.2 Å². The lowest BCUT2D eigenvalue weighted by Crippen LogP contribution is -2.07. The Balaban J connectivity index is 2.01. The van der Waals surface area contributed by atoms with Crippen LogP contribution in [0.1, 0.15) is 11.1 Å². The maximum atomic E-state index is 13.9. The minimum atomic E-state index is -3.08. The van der Waals surface area contributed by atoms with Gasteiger partial charge in [0.15, 0.2) is 17.2 Å². The first-order valence-electron chi connectivity index (χ1n) is 7.91. The number of esters is 1. The van der Waals surface area contributed by atoms with Crippen LogP contribution in [0, 0.1) is 5.82 Å². The van der Waals surface area contributed by atoms with E-state index in [9.17, 15) is 18.0 Å². The summed E-state index contributed by atoms with van der Waals surface area (Å²) in [6.45, 7) is -3.08. The average molecular weight is 393 g/mol. The first-order valence-corrected chi connectivity index (χ1v) is 7.91. The maximum Gasteiger partial charge on any atom is 0.387 e. The van der Waals surface area contributed by atoms with Gasteiger partial charge in [-0.1, -0.05) is 12.1 Å². The molecule has 2 aromatic rings. The third-order valence-electron chi connectivity index (χ3n) is 3.72. The van der Waals surface area contributed by atoms with Crippen molar-refractivity contribution < 1.29 is 36.9 Å². The van der Waals surface area contributed by atoms with E-state index in [1.165, 1.54) is 50.6 Å². The molecule has 146 valence electrons. The van der Waals surface area contributed by atoms with Crippen molar-refractivity contribution in [1.82, 2.24) is 0 Å². The summed E-state index contributed by atoms with van der Waals surface area (Å²) in [5.41, 5.74) is 0.278. The zero-order chi connectivity index (χ0) is 20.3. The van der Waals surface area contributed by atoms with E-state index >= 15 is 0 Å². The van der Waals surface area contributed by atoms with E-state index in [0.717, 1.165) is 0 Å². The minimum Gasteiger partial charge on any atom is -0.493 e. The Hall–Kier alpha value is -3.49. The molecule has 3 rings (SSSR count). The van der Waals surface area contributed by atoms with Crippen molar-refractivity contribution in [3.63, 3.8) is 0 Å². The fraction of sp³-hybridized carbons (Fsp3) is 0.158. The van der Waals surface area contributed by atoms with Gasteiger partial charge in [-0.3, -0.25) is 0 Å². The fourth-order valence-electron chi connectivity index (χ4n) is 2.51. The van der Waals surface area contributed by atoms with Crippen molar-refractivity contribution in [2.24, 2.45) is 4.99 Å². The van der Waals surface area contributed by atoms with Crippen LogP contribution in [0.2, 0.25) is 0 Å². The van der Waals surface area contributed by atoms with E-state index in [4.69, 9.17) is 14.2 Å². The predicted molar refractivity (Wildman–Crippen MR) is 93.2 cm³/mol.